The first kappa shape index (κ1) is 12.9. The second kappa shape index (κ2) is 5.47. The predicted molar refractivity (Wildman–Crippen MR) is 87.7 cm³/mol. The first-order chi connectivity index (χ1) is 8.78. The predicted octanol–water partition coefficient (Wildman–Crippen LogP) is 5.26. The number of rotatable bonds is 2. The highest BCUT2D eigenvalue weighted by Crippen LogP contribution is 2.36. The van der Waals surface area contributed by atoms with E-state index in [9.17, 15) is 0 Å². The summed E-state index contributed by atoms with van der Waals surface area (Å²) in [5.41, 5.74) is 4.36. The second-order valence-corrected chi connectivity index (χ2v) is 6.83. The smallest absolute Gasteiger partial charge is 0.0408 e. The van der Waals surface area contributed by atoms with E-state index in [-0.39, 0.29) is 0 Å². The lowest BCUT2D eigenvalue weighted by atomic mass is 9.83. The summed E-state index contributed by atoms with van der Waals surface area (Å²) in [6.07, 6.45) is 5.71. The van der Waals surface area contributed by atoms with Crippen LogP contribution in [-0.2, 0) is 12.8 Å². The number of fused-ring (bicyclic) bond motifs is 1. The molecular weight excluding hydrogens is 377 g/mol. The van der Waals surface area contributed by atoms with Gasteiger partial charge in [-0.1, -0.05) is 23.7 Å². The maximum absolute atomic E-state index is 6.09. The van der Waals surface area contributed by atoms with Crippen LogP contribution in [0.2, 0.25) is 5.02 Å². The van der Waals surface area contributed by atoms with Gasteiger partial charge in [0, 0.05) is 47.2 Å². The van der Waals surface area contributed by atoms with Crippen molar-refractivity contribution in [2.45, 2.75) is 25.2 Å². The summed E-state index contributed by atoms with van der Waals surface area (Å²) in [5, 5.41) is 0.844. The van der Waals surface area contributed by atoms with Crippen molar-refractivity contribution in [2.24, 2.45) is 0 Å². The lowest BCUT2D eigenvalue weighted by molar-refractivity contribution is 0.576. The van der Waals surface area contributed by atoms with Gasteiger partial charge in [-0.15, -0.1) is 0 Å². The van der Waals surface area contributed by atoms with Gasteiger partial charge in [0.2, 0.25) is 0 Å². The van der Waals surface area contributed by atoms with Gasteiger partial charge < -0.3 is 0 Å². The van der Waals surface area contributed by atoms with Crippen LogP contribution in [0.3, 0.4) is 0 Å². The average molecular weight is 390 g/mol. The third-order valence-electron chi connectivity index (χ3n) is 3.64. The highest BCUT2D eigenvalue weighted by molar-refractivity contribution is 14.2. The Bertz CT molecular complexity index is 553. The number of benzene rings is 1. The van der Waals surface area contributed by atoms with E-state index in [4.69, 9.17) is 11.6 Å². The molecule has 1 aromatic carbocycles. The van der Waals surface area contributed by atoms with Gasteiger partial charge in [-0.25, -0.2) is 0 Å². The molecule has 0 aliphatic heterocycles. The molecule has 0 amide bonds. The minimum atomic E-state index is 0.605. The highest BCUT2D eigenvalue weighted by Gasteiger charge is 2.23. The first-order valence-corrected chi connectivity index (χ1v) is 9.71. The molecule has 1 aliphatic carbocycles. The van der Waals surface area contributed by atoms with Crippen LogP contribution in [0.5, 0.6) is 0 Å². The van der Waals surface area contributed by atoms with Gasteiger partial charge in [0.15, 0.2) is 0 Å². The molecule has 0 N–H and O–H groups in total. The topological polar surface area (TPSA) is 4.93 Å². The van der Waals surface area contributed by atoms with Crippen LogP contribution < -0.4 is 0 Å². The fraction of sp³-hybridized carbons (Fsp3) is 0.286. The van der Waals surface area contributed by atoms with Crippen molar-refractivity contribution >= 4 is 41.9 Å². The van der Waals surface area contributed by atoms with Gasteiger partial charge in [-0.2, -0.15) is 0 Å². The molecular formula is C14H13ClINS. The van der Waals surface area contributed by atoms with E-state index in [1.54, 1.807) is 9.12 Å². The minimum Gasteiger partial charge on any atom is -0.287 e. The number of hydrogen-bond acceptors (Lipinski definition) is 1. The zero-order valence-electron chi connectivity index (χ0n) is 9.77. The van der Waals surface area contributed by atoms with E-state index in [0.717, 1.165) is 11.4 Å². The maximum atomic E-state index is 6.09. The summed E-state index contributed by atoms with van der Waals surface area (Å²) < 4.78 is 2.28. The van der Waals surface area contributed by atoms with Gasteiger partial charge in [-0.3, -0.25) is 3.97 Å². The van der Waals surface area contributed by atoms with Crippen molar-refractivity contribution in [3.63, 3.8) is 0 Å². The number of halogens is 2. The molecule has 2 aromatic rings. The molecule has 1 aliphatic rings. The van der Waals surface area contributed by atoms with Gasteiger partial charge in [0.1, 0.15) is 0 Å². The minimum absolute atomic E-state index is 0.605. The molecule has 0 saturated heterocycles. The van der Waals surface area contributed by atoms with E-state index < -0.39 is 0 Å². The molecule has 94 valence electrons. The molecule has 18 heavy (non-hydrogen) atoms. The number of aromatic nitrogens is 1. The zero-order valence-corrected chi connectivity index (χ0v) is 13.5. The Balaban J connectivity index is 1.90. The number of hydrogen-bond donors (Lipinski definition) is 0. The van der Waals surface area contributed by atoms with Gasteiger partial charge in [-0.05, 0) is 54.5 Å². The van der Waals surface area contributed by atoms with Crippen molar-refractivity contribution in [3.05, 3.63) is 58.4 Å². The van der Waals surface area contributed by atoms with E-state index in [2.05, 4.69) is 55.6 Å². The van der Waals surface area contributed by atoms with Crippen LogP contribution in [0.15, 0.2) is 36.5 Å². The van der Waals surface area contributed by atoms with Crippen LogP contribution in [0.1, 0.15) is 29.2 Å². The van der Waals surface area contributed by atoms with Crippen LogP contribution in [0, 0.1) is 0 Å². The first-order valence-electron chi connectivity index (χ1n) is 6.01. The number of aryl methyl sites for hydroxylation is 1. The monoisotopic (exact) mass is 389 g/mol. The van der Waals surface area contributed by atoms with Crippen molar-refractivity contribution in [1.82, 2.24) is 3.97 Å². The largest absolute Gasteiger partial charge is 0.287 e. The van der Waals surface area contributed by atoms with Crippen molar-refractivity contribution in [3.8, 4) is 0 Å². The van der Waals surface area contributed by atoms with E-state index >= 15 is 0 Å². The molecule has 0 radical (unpaired) electrons. The molecule has 1 unspecified atom stereocenters. The molecule has 0 bridgehead atoms. The highest BCUT2D eigenvalue weighted by atomic mass is 127. The van der Waals surface area contributed by atoms with Crippen LogP contribution >= 0.6 is 41.9 Å². The molecule has 0 fully saturated rings. The molecule has 1 heterocycles. The normalized spacial score (nSPS) is 18.7. The third kappa shape index (κ3) is 2.45. The Hall–Kier alpha value is -0.130. The molecule has 0 saturated carbocycles. The van der Waals surface area contributed by atoms with Crippen molar-refractivity contribution < 1.29 is 0 Å². The average Bonchev–Trinajstić information content (AvgIpc) is 2.80. The van der Waals surface area contributed by atoms with Gasteiger partial charge in [0.25, 0.3) is 0 Å². The summed E-state index contributed by atoms with van der Waals surface area (Å²) in [5.74, 6) is 0.605. The van der Waals surface area contributed by atoms with Crippen LogP contribution in [0.25, 0.3) is 0 Å². The second-order valence-electron chi connectivity index (χ2n) is 4.68. The van der Waals surface area contributed by atoms with E-state index in [0.29, 0.717) is 5.92 Å². The van der Waals surface area contributed by atoms with Crippen LogP contribution in [0.4, 0.5) is 0 Å². The van der Waals surface area contributed by atoms with Gasteiger partial charge >= 0.3 is 0 Å². The van der Waals surface area contributed by atoms with E-state index in [1.807, 2.05) is 6.07 Å². The Kier molecular flexibility index (Phi) is 3.91. The summed E-state index contributed by atoms with van der Waals surface area (Å²) in [6, 6.07) is 10.6. The zero-order chi connectivity index (χ0) is 12.5. The third-order valence-corrected chi connectivity index (χ3v) is 5.64. The number of nitrogens with zero attached hydrogens (tertiary/aromatic N) is 1. The summed E-state index contributed by atoms with van der Waals surface area (Å²) in [4.78, 5) is 0. The fourth-order valence-corrected chi connectivity index (χ4v) is 4.40. The molecule has 1 atom stereocenters. The lowest BCUT2D eigenvalue weighted by Crippen LogP contribution is -2.13. The van der Waals surface area contributed by atoms with Gasteiger partial charge in [0.05, 0.1) is 0 Å². The fourth-order valence-electron chi connectivity index (χ4n) is 2.71. The molecule has 1 aromatic heterocycles. The molecule has 4 heteroatoms. The Morgan fingerprint density at radius 1 is 1.33 bits per heavy atom. The Labute approximate surface area is 129 Å². The molecule has 1 nitrogen and oxygen atoms in total. The van der Waals surface area contributed by atoms with Crippen molar-refractivity contribution in [2.75, 3.05) is 0 Å². The van der Waals surface area contributed by atoms with Crippen LogP contribution in [-0.4, -0.2) is 3.97 Å². The lowest BCUT2D eigenvalue weighted by Gasteiger charge is -2.24. The Morgan fingerprint density at radius 3 is 3.00 bits per heavy atom. The standard InChI is InChI=1S/C14H13ClINS/c15-13-3-1-2-11(8-13)12-5-4-10-6-7-17(18-16)14(10)9-12/h1-3,6-8,12H,4-5,9H2. The molecule has 0 spiro atoms. The SMILES string of the molecule is Clc1cccc(C2CCc3ccn(SI)c3C2)c1. The summed E-state index contributed by atoms with van der Waals surface area (Å²) >= 11 is 8.43. The summed E-state index contributed by atoms with van der Waals surface area (Å²) in [7, 11) is 1.75. The van der Waals surface area contributed by atoms with Crippen molar-refractivity contribution in [1.29, 1.82) is 0 Å². The molecule has 3 rings (SSSR count). The maximum Gasteiger partial charge on any atom is 0.0408 e. The van der Waals surface area contributed by atoms with E-state index in [1.165, 1.54) is 29.7 Å². The Morgan fingerprint density at radius 2 is 2.22 bits per heavy atom. The summed E-state index contributed by atoms with van der Waals surface area (Å²) in [6.45, 7) is 0. The quantitative estimate of drug-likeness (QED) is 0.634.